The van der Waals surface area contributed by atoms with Crippen LogP contribution in [0.15, 0.2) is 6.33 Å². The lowest BCUT2D eigenvalue weighted by atomic mass is 10.0. The van der Waals surface area contributed by atoms with Gasteiger partial charge in [0.15, 0.2) is 0 Å². The molecule has 0 amide bonds. The van der Waals surface area contributed by atoms with Crippen LogP contribution in [0.25, 0.3) is 0 Å². The molecule has 0 unspecified atom stereocenters. The van der Waals surface area contributed by atoms with Crippen LogP contribution in [-0.2, 0) is 9.53 Å². The average Bonchev–Trinajstić information content (AvgIpc) is 2.25. The third kappa shape index (κ3) is 2.82. The van der Waals surface area contributed by atoms with Crippen LogP contribution in [-0.4, -0.2) is 29.6 Å². The third-order valence-corrected chi connectivity index (χ3v) is 2.12. The molecule has 0 aliphatic carbocycles. The highest BCUT2D eigenvalue weighted by molar-refractivity contribution is 5.75. The number of nitrogen functional groups attached to an aromatic ring is 1. The van der Waals surface area contributed by atoms with Gasteiger partial charge in [-0.15, -0.1) is 0 Å². The second-order valence-corrected chi connectivity index (χ2v) is 3.61. The maximum atomic E-state index is 11.0. The Morgan fingerprint density at radius 2 is 2.25 bits per heavy atom. The van der Waals surface area contributed by atoms with Gasteiger partial charge in [-0.2, -0.15) is 0 Å². The topological polar surface area (TPSA) is 90.1 Å². The lowest BCUT2D eigenvalue weighted by Gasteiger charge is -2.14. The molecular formula is C10H16N4O2. The first-order valence-corrected chi connectivity index (χ1v) is 4.97. The molecule has 6 nitrogen and oxygen atoms in total. The highest BCUT2D eigenvalue weighted by Gasteiger charge is 2.13. The number of esters is 1. The minimum Gasteiger partial charge on any atom is -0.468 e. The van der Waals surface area contributed by atoms with E-state index in [1.165, 1.54) is 13.4 Å². The van der Waals surface area contributed by atoms with Gasteiger partial charge in [0, 0.05) is 5.56 Å². The molecule has 1 rings (SSSR count). The van der Waals surface area contributed by atoms with Crippen molar-refractivity contribution >= 4 is 17.6 Å². The molecule has 0 radical (unpaired) electrons. The lowest BCUT2D eigenvalue weighted by Crippen LogP contribution is -2.18. The van der Waals surface area contributed by atoms with E-state index >= 15 is 0 Å². The molecule has 6 heteroatoms. The van der Waals surface area contributed by atoms with Gasteiger partial charge in [-0.25, -0.2) is 9.97 Å². The number of ether oxygens (including phenoxy) is 1. The number of aromatic nitrogens is 2. The second kappa shape index (κ2) is 5.29. The zero-order valence-electron chi connectivity index (χ0n) is 9.65. The van der Waals surface area contributed by atoms with E-state index in [1.807, 2.05) is 13.8 Å². The number of nitrogens with two attached hydrogens (primary N) is 1. The molecule has 0 atom stereocenters. The van der Waals surface area contributed by atoms with Crippen LogP contribution in [0.1, 0.15) is 25.3 Å². The highest BCUT2D eigenvalue weighted by Crippen LogP contribution is 2.25. The summed E-state index contributed by atoms with van der Waals surface area (Å²) in [5.74, 6) is 0.832. The lowest BCUT2D eigenvalue weighted by molar-refractivity contribution is -0.138. The summed E-state index contributed by atoms with van der Waals surface area (Å²) in [5, 5.41) is 2.88. The number of hydrogen-bond acceptors (Lipinski definition) is 6. The van der Waals surface area contributed by atoms with Gasteiger partial charge >= 0.3 is 5.97 Å². The normalized spacial score (nSPS) is 10.2. The number of hydrogen-bond donors (Lipinski definition) is 2. The Morgan fingerprint density at radius 1 is 1.56 bits per heavy atom. The number of nitrogens with one attached hydrogen (secondary N) is 1. The molecule has 0 saturated carbocycles. The maximum Gasteiger partial charge on any atom is 0.325 e. The van der Waals surface area contributed by atoms with Gasteiger partial charge in [0.1, 0.15) is 24.5 Å². The molecule has 0 spiro atoms. The van der Waals surface area contributed by atoms with Gasteiger partial charge in [-0.1, -0.05) is 13.8 Å². The molecule has 1 aromatic rings. The number of carbonyl (C=O) groups excluding carboxylic acids is 1. The van der Waals surface area contributed by atoms with Gasteiger partial charge in [0.25, 0.3) is 0 Å². The summed E-state index contributed by atoms with van der Waals surface area (Å²) in [7, 11) is 1.34. The van der Waals surface area contributed by atoms with Crippen molar-refractivity contribution in [2.45, 2.75) is 19.8 Å². The first-order valence-electron chi connectivity index (χ1n) is 4.97. The molecule has 0 bridgehead atoms. The first kappa shape index (κ1) is 12.2. The van der Waals surface area contributed by atoms with Crippen molar-refractivity contribution in [2.75, 3.05) is 24.7 Å². The average molecular weight is 224 g/mol. The van der Waals surface area contributed by atoms with E-state index in [-0.39, 0.29) is 18.4 Å². The van der Waals surface area contributed by atoms with Gasteiger partial charge in [-0.05, 0) is 5.92 Å². The fraction of sp³-hybridized carbons (Fsp3) is 0.500. The van der Waals surface area contributed by atoms with Crippen LogP contribution in [0.5, 0.6) is 0 Å². The predicted octanol–water partition coefficient (Wildman–Crippen LogP) is 0.767. The van der Waals surface area contributed by atoms with Crippen LogP contribution in [0, 0.1) is 0 Å². The van der Waals surface area contributed by atoms with Crippen LogP contribution in [0.4, 0.5) is 11.6 Å². The van der Waals surface area contributed by atoms with Gasteiger partial charge in [0.2, 0.25) is 0 Å². The molecule has 88 valence electrons. The second-order valence-electron chi connectivity index (χ2n) is 3.61. The van der Waals surface area contributed by atoms with Crippen molar-refractivity contribution in [3.05, 3.63) is 11.9 Å². The van der Waals surface area contributed by atoms with E-state index in [1.54, 1.807) is 0 Å². The Hall–Kier alpha value is -1.85. The van der Waals surface area contributed by atoms with E-state index < -0.39 is 0 Å². The van der Waals surface area contributed by atoms with Gasteiger partial charge < -0.3 is 15.8 Å². The van der Waals surface area contributed by atoms with Crippen molar-refractivity contribution in [2.24, 2.45) is 0 Å². The number of rotatable bonds is 4. The Bertz CT molecular complexity index is 379. The molecule has 0 aliphatic rings. The van der Waals surface area contributed by atoms with E-state index in [9.17, 15) is 4.79 Å². The first-order chi connectivity index (χ1) is 7.56. The number of nitrogens with zero attached hydrogens (tertiary/aromatic N) is 2. The summed E-state index contributed by atoms with van der Waals surface area (Å²) in [5.41, 5.74) is 6.57. The van der Waals surface area contributed by atoms with Crippen LogP contribution in [0.2, 0.25) is 0 Å². The van der Waals surface area contributed by atoms with E-state index in [2.05, 4.69) is 20.0 Å². The quantitative estimate of drug-likeness (QED) is 0.734. The van der Waals surface area contributed by atoms with E-state index in [0.29, 0.717) is 11.6 Å². The van der Waals surface area contributed by atoms with Crippen LogP contribution in [0.3, 0.4) is 0 Å². The van der Waals surface area contributed by atoms with Crippen LogP contribution < -0.4 is 11.1 Å². The van der Waals surface area contributed by atoms with Crippen molar-refractivity contribution < 1.29 is 9.53 Å². The van der Waals surface area contributed by atoms with E-state index in [0.717, 1.165) is 5.56 Å². The maximum absolute atomic E-state index is 11.0. The monoisotopic (exact) mass is 224 g/mol. The molecule has 0 aromatic carbocycles. The molecule has 16 heavy (non-hydrogen) atoms. The summed E-state index contributed by atoms with van der Waals surface area (Å²) >= 11 is 0. The summed E-state index contributed by atoms with van der Waals surface area (Å²) in [6.45, 7) is 4.03. The SMILES string of the molecule is COC(=O)CNc1ncnc(N)c1C(C)C. The Balaban J connectivity index is 2.87. The fourth-order valence-electron chi connectivity index (χ4n) is 1.35. The minimum absolute atomic E-state index is 0.0622. The van der Waals surface area contributed by atoms with Gasteiger partial charge in [-0.3, -0.25) is 4.79 Å². The number of carbonyl (C=O) groups is 1. The van der Waals surface area contributed by atoms with Crippen molar-refractivity contribution in [3.63, 3.8) is 0 Å². The van der Waals surface area contributed by atoms with E-state index in [4.69, 9.17) is 5.73 Å². The number of methoxy groups -OCH3 is 1. The predicted molar refractivity (Wildman–Crippen MR) is 61.0 cm³/mol. The molecule has 3 N–H and O–H groups in total. The number of anilines is 2. The Labute approximate surface area is 94.2 Å². The zero-order chi connectivity index (χ0) is 12.1. The Morgan fingerprint density at radius 3 is 2.81 bits per heavy atom. The Kier molecular flexibility index (Phi) is 4.04. The van der Waals surface area contributed by atoms with Crippen LogP contribution >= 0.6 is 0 Å². The van der Waals surface area contributed by atoms with Gasteiger partial charge in [0.05, 0.1) is 7.11 Å². The standard InChI is InChI=1S/C10H16N4O2/c1-6(2)8-9(11)13-5-14-10(8)12-4-7(15)16-3/h5-6H,4H2,1-3H3,(H3,11,12,13,14). The summed E-state index contributed by atoms with van der Waals surface area (Å²) in [6, 6.07) is 0. The zero-order valence-corrected chi connectivity index (χ0v) is 9.65. The molecule has 0 fully saturated rings. The third-order valence-electron chi connectivity index (χ3n) is 2.12. The molecule has 0 saturated heterocycles. The highest BCUT2D eigenvalue weighted by atomic mass is 16.5. The van der Waals surface area contributed by atoms with Crippen molar-refractivity contribution in [1.82, 2.24) is 9.97 Å². The summed E-state index contributed by atoms with van der Waals surface area (Å²) in [6.07, 6.45) is 1.36. The van der Waals surface area contributed by atoms with Crippen molar-refractivity contribution in [1.29, 1.82) is 0 Å². The molecule has 0 aliphatic heterocycles. The summed E-state index contributed by atoms with van der Waals surface area (Å²) in [4.78, 5) is 19.0. The largest absolute Gasteiger partial charge is 0.468 e. The molecular weight excluding hydrogens is 208 g/mol. The minimum atomic E-state index is -0.355. The smallest absolute Gasteiger partial charge is 0.325 e. The molecule has 1 aromatic heterocycles. The summed E-state index contributed by atoms with van der Waals surface area (Å²) < 4.78 is 4.53. The van der Waals surface area contributed by atoms with Crippen molar-refractivity contribution in [3.8, 4) is 0 Å². The fourth-order valence-corrected chi connectivity index (χ4v) is 1.35. The molecule has 1 heterocycles.